The molecule has 1 heterocycles. The van der Waals surface area contributed by atoms with Crippen LogP contribution in [-0.4, -0.2) is 22.6 Å². The quantitative estimate of drug-likeness (QED) is 0.878. The maximum Gasteiger partial charge on any atom is 0.286 e. The minimum Gasteiger partial charge on any atom is -0.360 e. The van der Waals surface area contributed by atoms with Crippen LogP contribution in [0.5, 0.6) is 0 Å². The molecule has 106 valence electrons. The molecule has 0 spiro atoms. The van der Waals surface area contributed by atoms with Crippen LogP contribution in [0.4, 0.5) is 15.2 Å². The number of hydrogen-bond donors (Lipinski definition) is 2. The standard InChI is InChI=1S/C12H12BrFN4OS/c1-3-15-12-18-17-11(20-12)10(19)16-9-5-8(14)7(13)4-6(9)2/h4-5H,3H2,1-2H3,(H,15,18)(H,16,19). The molecule has 0 aliphatic carbocycles. The molecule has 0 aliphatic heterocycles. The maximum atomic E-state index is 13.5. The zero-order valence-corrected chi connectivity index (χ0v) is 13.2. The van der Waals surface area contributed by atoms with Crippen LogP contribution in [0, 0.1) is 12.7 Å². The van der Waals surface area contributed by atoms with Gasteiger partial charge in [-0.25, -0.2) is 4.39 Å². The average molecular weight is 359 g/mol. The van der Waals surface area contributed by atoms with Gasteiger partial charge in [-0.1, -0.05) is 11.3 Å². The number of anilines is 2. The number of amides is 1. The van der Waals surface area contributed by atoms with Gasteiger partial charge in [-0.05, 0) is 47.5 Å². The second kappa shape index (κ2) is 6.27. The summed E-state index contributed by atoms with van der Waals surface area (Å²) >= 11 is 4.25. The SMILES string of the molecule is CCNc1nnc(C(=O)Nc2cc(F)c(Br)cc2C)s1. The zero-order chi connectivity index (χ0) is 14.7. The molecule has 0 aliphatic rings. The summed E-state index contributed by atoms with van der Waals surface area (Å²) in [7, 11) is 0. The highest BCUT2D eigenvalue weighted by Crippen LogP contribution is 2.25. The van der Waals surface area contributed by atoms with Gasteiger partial charge in [0.05, 0.1) is 4.47 Å². The lowest BCUT2D eigenvalue weighted by molar-refractivity contribution is 0.102. The molecule has 0 saturated heterocycles. The number of rotatable bonds is 4. The molecule has 0 saturated carbocycles. The Morgan fingerprint density at radius 3 is 2.90 bits per heavy atom. The predicted molar refractivity (Wildman–Crippen MR) is 80.9 cm³/mol. The lowest BCUT2D eigenvalue weighted by Crippen LogP contribution is -2.12. The van der Waals surface area contributed by atoms with Crippen molar-refractivity contribution in [1.29, 1.82) is 0 Å². The van der Waals surface area contributed by atoms with Gasteiger partial charge in [0.15, 0.2) is 0 Å². The average Bonchev–Trinajstić information content (AvgIpc) is 2.85. The van der Waals surface area contributed by atoms with Gasteiger partial charge in [-0.2, -0.15) is 0 Å². The molecule has 5 nitrogen and oxygen atoms in total. The molecule has 0 bridgehead atoms. The molecule has 1 aromatic heterocycles. The van der Waals surface area contributed by atoms with Crippen LogP contribution in [0.3, 0.4) is 0 Å². The fourth-order valence-corrected chi connectivity index (χ4v) is 2.66. The Hall–Kier alpha value is -1.54. The Labute approximate surface area is 127 Å². The second-order valence-corrected chi connectivity index (χ2v) is 5.81. The first-order valence-corrected chi connectivity index (χ1v) is 7.46. The Balaban J connectivity index is 2.16. The first kappa shape index (κ1) is 14.9. The fourth-order valence-electron chi connectivity index (χ4n) is 1.49. The number of benzene rings is 1. The van der Waals surface area contributed by atoms with Crippen molar-refractivity contribution in [2.24, 2.45) is 0 Å². The molecule has 20 heavy (non-hydrogen) atoms. The normalized spacial score (nSPS) is 10.4. The molecule has 2 aromatic rings. The number of aryl methyl sites for hydroxylation is 1. The highest BCUT2D eigenvalue weighted by Gasteiger charge is 2.15. The Morgan fingerprint density at radius 1 is 1.45 bits per heavy atom. The van der Waals surface area contributed by atoms with Crippen LogP contribution >= 0.6 is 27.3 Å². The van der Waals surface area contributed by atoms with E-state index in [9.17, 15) is 9.18 Å². The monoisotopic (exact) mass is 358 g/mol. The molecule has 1 aromatic carbocycles. The van der Waals surface area contributed by atoms with Crippen LogP contribution in [0.2, 0.25) is 0 Å². The van der Waals surface area contributed by atoms with Crippen LogP contribution in [0.25, 0.3) is 0 Å². The van der Waals surface area contributed by atoms with Gasteiger partial charge in [0, 0.05) is 12.2 Å². The number of nitrogens with one attached hydrogen (secondary N) is 2. The van der Waals surface area contributed by atoms with E-state index in [-0.39, 0.29) is 5.01 Å². The summed E-state index contributed by atoms with van der Waals surface area (Å²) in [5.74, 6) is -0.840. The van der Waals surface area contributed by atoms with Crippen molar-refractivity contribution in [2.45, 2.75) is 13.8 Å². The number of carbonyl (C=O) groups is 1. The number of nitrogens with zero attached hydrogens (tertiary/aromatic N) is 2. The number of aromatic nitrogens is 2. The molecule has 0 unspecified atom stereocenters. The van der Waals surface area contributed by atoms with E-state index >= 15 is 0 Å². The summed E-state index contributed by atoms with van der Waals surface area (Å²) in [6, 6.07) is 2.87. The molecular weight excluding hydrogens is 347 g/mol. The van der Waals surface area contributed by atoms with E-state index in [0.717, 1.165) is 16.9 Å². The van der Waals surface area contributed by atoms with Gasteiger partial charge in [-0.3, -0.25) is 4.79 Å². The molecule has 0 fully saturated rings. The first-order chi connectivity index (χ1) is 9.51. The third kappa shape index (κ3) is 3.31. The summed E-state index contributed by atoms with van der Waals surface area (Å²) in [6.45, 7) is 4.41. The molecule has 2 N–H and O–H groups in total. The van der Waals surface area contributed by atoms with Gasteiger partial charge in [0.2, 0.25) is 10.1 Å². The lowest BCUT2D eigenvalue weighted by Gasteiger charge is -2.07. The van der Waals surface area contributed by atoms with Crippen LogP contribution in [-0.2, 0) is 0 Å². The van der Waals surface area contributed by atoms with Crippen molar-refractivity contribution in [2.75, 3.05) is 17.2 Å². The van der Waals surface area contributed by atoms with E-state index in [1.807, 2.05) is 6.92 Å². The largest absolute Gasteiger partial charge is 0.360 e. The van der Waals surface area contributed by atoms with Crippen molar-refractivity contribution in [3.63, 3.8) is 0 Å². The molecule has 0 atom stereocenters. The van der Waals surface area contributed by atoms with Gasteiger partial charge in [0.1, 0.15) is 5.82 Å². The lowest BCUT2D eigenvalue weighted by atomic mass is 10.2. The Morgan fingerprint density at radius 2 is 2.20 bits per heavy atom. The van der Waals surface area contributed by atoms with Crippen molar-refractivity contribution >= 4 is 44.0 Å². The van der Waals surface area contributed by atoms with E-state index in [4.69, 9.17) is 0 Å². The van der Waals surface area contributed by atoms with E-state index in [0.29, 0.717) is 21.8 Å². The van der Waals surface area contributed by atoms with E-state index in [1.54, 1.807) is 13.0 Å². The van der Waals surface area contributed by atoms with E-state index in [2.05, 4.69) is 36.8 Å². The van der Waals surface area contributed by atoms with Crippen LogP contribution in [0.15, 0.2) is 16.6 Å². The minimum atomic E-state index is -0.434. The van der Waals surface area contributed by atoms with Gasteiger partial charge >= 0.3 is 0 Å². The summed E-state index contributed by atoms with van der Waals surface area (Å²) in [5, 5.41) is 14.0. The van der Waals surface area contributed by atoms with E-state index in [1.165, 1.54) is 6.07 Å². The maximum absolute atomic E-state index is 13.5. The third-order valence-corrected chi connectivity index (χ3v) is 3.95. The molecule has 8 heteroatoms. The topological polar surface area (TPSA) is 66.9 Å². The Kier molecular flexibility index (Phi) is 4.66. The van der Waals surface area contributed by atoms with Crippen molar-refractivity contribution in [1.82, 2.24) is 10.2 Å². The molecule has 1 amide bonds. The molecular formula is C12H12BrFN4OS. The van der Waals surface area contributed by atoms with E-state index < -0.39 is 11.7 Å². The number of halogens is 2. The van der Waals surface area contributed by atoms with Crippen molar-refractivity contribution in [3.05, 3.63) is 33.0 Å². The summed E-state index contributed by atoms with van der Waals surface area (Å²) in [6.07, 6.45) is 0. The molecule has 2 rings (SSSR count). The van der Waals surface area contributed by atoms with Gasteiger partial charge < -0.3 is 10.6 Å². The summed E-state index contributed by atoms with van der Waals surface area (Å²) in [4.78, 5) is 12.0. The van der Waals surface area contributed by atoms with Crippen LogP contribution in [0.1, 0.15) is 22.3 Å². The number of hydrogen-bond acceptors (Lipinski definition) is 5. The smallest absolute Gasteiger partial charge is 0.286 e. The molecule has 0 radical (unpaired) electrons. The van der Waals surface area contributed by atoms with Gasteiger partial charge in [-0.15, -0.1) is 10.2 Å². The highest BCUT2D eigenvalue weighted by atomic mass is 79.9. The summed E-state index contributed by atoms with van der Waals surface area (Å²) in [5.41, 5.74) is 1.17. The zero-order valence-electron chi connectivity index (χ0n) is 10.8. The van der Waals surface area contributed by atoms with Crippen LogP contribution < -0.4 is 10.6 Å². The number of carbonyl (C=O) groups excluding carboxylic acids is 1. The van der Waals surface area contributed by atoms with Gasteiger partial charge in [0.25, 0.3) is 5.91 Å². The summed E-state index contributed by atoms with van der Waals surface area (Å²) < 4.78 is 13.8. The first-order valence-electron chi connectivity index (χ1n) is 5.85. The highest BCUT2D eigenvalue weighted by molar-refractivity contribution is 9.10. The van der Waals surface area contributed by atoms with Crippen molar-refractivity contribution < 1.29 is 9.18 Å². The second-order valence-electron chi connectivity index (χ2n) is 3.98. The van der Waals surface area contributed by atoms with Crippen molar-refractivity contribution in [3.8, 4) is 0 Å². The fraction of sp³-hybridized carbons (Fsp3) is 0.250. The Bertz CT molecular complexity index is 646. The minimum absolute atomic E-state index is 0.226. The predicted octanol–water partition coefficient (Wildman–Crippen LogP) is 3.43. The third-order valence-electron chi connectivity index (χ3n) is 2.46.